The van der Waals surface area contributed by atoms with Crippen molar-refractivity contribution in [2.45, 2.75) is 117 Å². The van der Waals surface area contributed by atoms with Crippen LogP contribution in [0.3, 0.4) is 0 Å². The van der Waals surface area contributed by atoms with Gasteiger partial charge >= 0.3 is 12.0 Å². The van der Waals surface area contributed by atoms with Crippen LogP contribution < -0.4 is 10.6 Å². The van der Waals surface area contributed by atoms with Gasteiger partial charge in [-0.25, -0.2) is 18.0 Å². The normalized spacial score (nSPS) is 41.2. The highest BCUT2D eigenvalue weighted by Crippen LogP contribution is 2.76. The quantitative estimate of drug-likeness (QED) is 0.272. The summed E-state index contributed by atoms with van der Waals surface area (Å²) in [5.74, 6) is 1.67. The zero-order valence-electron chi connectivity index (χ0n) is 33.6. The van der Waals surface area contributed by atoms with Crippen molar-refractivity contribution in [2.24, 2.45) is 45.3 Å². The molecule has 2 amide bonds. The molecule has 0 spiro atoms. The highest BCUT2D eigenvalue weighted by Gasteiger charge is 2.70. The Balaban J connectivity index is 1.07. The second-order valence-electron chi connectivity index (χ2n) is 20.0. The van der Waals surface area contributed by atoms with Gasteiger partial charge in [-0.05, 0) is 133 Å². The number of carboxylic acids is 1. The fourth-order valence-electron chi connectivity index (χ4n) is 14.6. The SMILES string of the molecule is CC1(C)C(c2ccc(C(=O)O)cc2)=CC[C@]2(C)[C@H]3CC[C@@H]4[C@H]5[C@H](NC(=O)N6CCCC6)CC[C@]5(NCCN5CCS(=O)(=O)CC5)CC[C@@]4(C)[C@]3(C)CC[C@@H]12. The van der Waals surface area contributed by atoms with Gasteiger partial charge in [0.25, 0.3) is 0 Å². The molecule has 0 aromatic heterocycles. The molecule has 2 saturated heterocycles. The fraction of sp³-hybridized carbons (Fsp3) is 0.773. The summed E-state index contributed by atoms with van der Waals surface area (Å²) >= 11 is 0. The summed E-state index contributed by atoms with van der Waals surface area (Å²) in [5.41, 5.74) is 3.32. The van der Waals surface area contributed by atoms with Gasteiger partial charge in [-0.15, -0.1) is 0 Å². The molecule has 10 heteroatoms. The van der Waals surface area contributed by atoms with Gasteiger partial charge in [0.2, 0.25) is 0 Å². The van der Waals surface area contributed by atoms with Crippen LogP contribution in [0.5, 0.6) is 0 Å². The van der Waals surface area contributed by atoms with Crippen molar-refractivity contribution in [1.82, 2.24) is 20.4 Å². The summed E-state index contributed by atoms with van der Waals surface area (Å²) in [5, 5.41) is 17.3. The van der Waals surface area contributed by atoms with E-state index in [-0.39, 0.29) is 50.8 Å². The number of urea groups is 1. The lowest BCUT2D eigenvalue weighted by atomic mass is 9.33. The van der Waals surface area contributed by atoms with Gasteiger partial charge < -0.3 is 25.5 Å². The number of hydrogen-bond donors (Lipinski definition) is 3. The van der Waals surface area contributed by atoms with E-state index in [0.29, 0.717) is 42.3 Å². The number of fused-ring (bicyclic) bond motifs is 7. The molecule has 1 aromatic rings. The molecule has 54 heavy (non-hydrogen) atoms. The number of allylic oxidation sites excluding steroid dienone is 2. The molecule has 4 saturated carbocycles. The largest absolute Gasteiger partial charge is 0.478 e. The minimum Gasteiger partial charge on any atom is -0.478 e. The van der Waals surface area contributed by atoms with Gasteiger partial charge in [-0.2, -0.15) is 0 Å². The lowest BCUT2D eigenvalue weighted by Gasteiger charge is -2.72. The van der Waals surface area contributed by atoms with Crippen molar-refractivity contribution < 1.29 is 23.1 Å². The Bertz CT molecular complexity index is 1760. The number of carbonyl (C=O) groups is 2. The predicted molar refractivity (Wildman–Crippen MR) is 214 cm³/mol. The van der Waals surface area contributed by atoms with Crippen molar-refractivity contribution in [3.8, 4) is 0 Å². The van der Waals surface area contributed by atoms with Crippen LogP contribution in [0.25, 0.3) is 5.57 Å². The van der Waals surface area contributed by atoms with E-state index in [9.17, 15) is 23.1 Å². The van der Waals surface area contributed by atoms with Crippen molar-refractivity contribution in [2.75, 3.05) is 50.8 Å². The summed E-state index contributed by atoms with van der Waals surface area (Å²) in [7, 11) is -2.90. The molecule has 9 atom stereocenters. The average molecular weight is 763 g/mol. The molecule has 9 nitrogen and oxygen atoms in total. The van der Waals surface area contributed by atoms with Gasteiger partial charge in [0.05, 0.1) is 17.1 Å². The molecule has 1 aromatic carbocycles. The van der Waals surface area contributed by atoms with Crippen molar-refractivity contribution in [3.05, 3.63) is 41.5 Å². The summed E-state index contributed by atoms with van der Waals surface area (Å²) in [6, 6.07) is 7.83. The number of nitrogens with zero attached hydrogens (tertiary/aromatic N) is 2. The molecule has 0 radical (unpaired) electrons. The molecule has 2 aliphatic heterocycles. The summed E-state index contributed by atoms with van der Waals surface area (Å²) in [6.07, 6.45) is 15.0. The maximum atomic E-state index is 13.7. The number of nitrogens with one attached hydrogen (secondary N) is 2. The molecule has 6 fully saturated rings. The number of likely N-dealkylation sites (tertiary alicyclic amines) is 1. The molecule has 3 N–H and O–H groups in total. The summed E-state index contributed by atoms with van der Waals surface area (Å²) in [6.45, 7) is 17.5. The number of amides is 2. The first-order valence-corrected chi connectivity index (χ1v) is 23.1. The molecular formula is C44H66N4O5S. The minimum atomic E-state index is -2.90. The number of rotatable bonds is 7. The van der Waals surface area contributed by atoms with Crippen LogP contribution >= 0.6 is 0 Å². The van der Waals surface area contributed by atoms with Crippen molar-refractivity contribution in [3.63, 3.8) is 0 Å². The Kier molecular flexibility index (Phi) is 9.69. The molecule has 0 unspecified atom stereocenters. The number of sulfone groups is 1. The zero-order chi connectivity index (χ0) is 38.3. The van der Waals surface area contributed by atoms with E-state index in [4.69, 9.17) is 0 Å². The van der Waals surface area contributed by atoms with Crippen molar-refractivity contribution in [1.29, 1.82) is 0 Å². The first kappa shape index (κ1) is 38.4. The van der Waals surface area contributed by atoms with Crippen LogP contribution in [0.15, 0.2) is 30.3 Å². The third-order valence-electron chi connectivity index (χ3n) is 17.5. The Morgan fingerprint density at radius 1 is 0.833 bits per heavy atom. The van der Waals surface area contributed by atoms with Crippen LogP contribution in [-0.4, -0.2) is 97.7 Å². The Morgan fingerprint density at radius 3 is 2.22 bits per heavy atom. The monoisotopic (exact) mass is 762 g/mol. The Hall–Kier alpha value is -2.43. The Labute approximate surface area is 324 Å². The van der Waals surface area contributed by atoms with E-state index >= 15 is 0 Å². The number of aromatic carboxylic acids is 1. The van der Waals surface area contributed by atoms with E-state index in [1.54, 1.807) is 12.1 Å². The standard InChI is InChI=1S/C44H66N4O5S/c1-40(2)32(30-8-10-31(11-9-30)38(49)50)14-17-41(3)35(40)16-18-43(5)36(41)13-12-33-37-34(46-39(51)48-23-6-7-24-48)15-19-44(37,21-20-42(33,43)4)45-22-25-47-26-28-54(52,53)29-27-47/h8-11,14,33-37,45H,6-7,12-13,15-29H2,1-5H3,(H,46,51)(H,49,50)/t33-,34-,35+,36-,37+,41+,42-,43-,44+/m1/s1. The second kappa shape index (κ2) is 13.6. The second-order valence-corrected chi connectivity index (χ2v) is 22.3. The predicted octanol–water partition coefficient (Wildman–Crippen LogP) is 7.09. The van der Waals surface area contributed by atoms with Gasteiger partial charge in [0.1, 0.15) is 0 Å². The molecule has 7 aliphatic rings. The minimum absolute atomic E-state index is 0.0139. The van der Waals surface area contributed by atoms with E-state index in [2.05, 4.69) is 56.2 Å². The third kappa shape index (κ3) is 6.09. The first-order chi connectivity index (χ1) is 25.5. The number of hydrogen-bond acceptors (Lipinski definition) is 6. The van der Waals surface area contributed by atoms with E-state index in [1.807, 2.05) is 17.0 Å². The van der Waals surface area contributed by atoms with E-state index < -0.39 is 15.8 Å². The van der Waals surface area contributed by atoms with Gasteiger partial charge in [-0.3, -0.25) is 0 Å². The molecule has 298 valence electrons. The van der Waals surface area contributed by atoms with Crippen LogP contribution in [0.4, 0.5) is 4.79 Å². The zero-order valence-corrected chi connectivity index (χ0v) is 34.4. The van der Waals surface area contributed by atoms with Crippen LogP contribution in [0.2, 0.25) is 0 Å². The topological polar surface area (TPSA) is 119 Å². The highest BCUT2D eigenvalue weighted by atomic mass is 32.2. The van der Waals surface area contributed by atoms with Gasteiger partial charge in [-0.1, -0.05) is 52.8 Å². The van der Waals surface area contributed by atoms with Gasteiger partial charge in [0.15, 0.2) is 9.84 Å². The van der Waals surface area contributed by atoms with E-state index in [1.165, 1.54) is 37.7 Å². The Morgan fingerprint density at radius 2 is 1.54 bits per heavy atom. The summed E-state index contributed by atoms with van der Waals surface area (Å²) in [4.78, 5) is 29.7. The third-order valence-corrected chi connectivity index (χ3v) is 19.1. The van der Waals surface area contributed by atoms with Crippen LogP contribution in [0, 0.1) is 45.3 Å². The number of benzene rings is 1. The molecular weight excluding hydrogens is 697 g/mol. The number of carbonyl (C=O) groups excluding carboxylic acids is 1. The van der Waals surface area contributed by atoms with Gasteiger partial charge in [0, 0.05) is 56.8 Å². The number of carboxylic acid groups (broad SMARTS) is 1. The fourth-order valence-corrected chi connectivity index (χ4v) is 15.8. The van der Waals surface area contributed by atoms with Crippen LogP contribution in [0.1, 0.15) is 121 Å². The summed E-state index contributed by atoms with van der Waals surface area (Å²) < 4.78 is 24.2. The molecule has 2 heterocycles. The maximum Gasteiger partial charge on any atom is 0.335 e. The smallest absolute Gasteiger partial charge is 0.335 e. The van der Waals surface area contributed by atoms with E-state index in [0.717, 1.165) is 70.3 Å². The lowest BCUT2D eigenvalue weighted by Crippen LogP contribution is -2.69. The van der Waals surface area contributed by atoms with Crippen LogP contribution in [-0.2, 0) is 9.84 Å². The lowest BCUT2D eigenvalue weighted by molar-refractivity contribution is -0.218. The molecule has 5 aliphatic carbocycles. The molecule has 0 bridgehead atoms. The molecule has 8 rings (SSSR count). The van der Waals surface area contributed by atoms with Crippen molar-refractivity contribution >= 4 is 27.4 Å². The maximum absolute atomic E-state index is 13.7. The highest BCUT2D eigenvalue weighted by molar-refractivity contribution is 7.91. The first-order valence-electron chi connectivity index (χ1n) is 21.3. The average Bonchev–Trinajstić information content (AvgIpc) is 3.79.